The highest BCUT2D eigenvalue weighted by atomic mass is 16.3. The van der Waals surface area contributed by atoms with Crippen LogP contribution in [-0.2, 0) is 0 Å². The molecule has 1 aliphatic carbocycles. The fraction of sp³-hybridized carbons (Fsp3) is 1.00. The maximum absolute atomic E-state index is 8.76. The van der Waals surface area contributed by atoms with Crippen molar-refractivity contribution in [2.75, 3.05) is 13.2 Å². The van der Waals surface area contributed by atoms with E-state index in [-0.39, 0.29) is 0 Å². The minimum atomic E-state index is 0.304. The molecule has 14 heavy (non-hydrogen) atoms. The van der Waals surface area contributed by atoms with Crippen LogP contribution in [0.15, 0.2) is 0 Å². The van der Waals surface area contributed by atoms with E-state index in [9.17, 15) is 0 Å². The van der Waals surface area contributed by atoms with E-state index >= 15 is 0 Å². The summed E-state index contributed by atoms with van der Waals surface area (Å²) in [7, 11) is 0. The number of hydrogen-bond acceptors (Lipinski definition) is 3. The molecule has 0 bridgehead atoms. The molecule has 0 saturated heterocycles. The molecule has 1 atom stereocenters. The monoisotopic (exact) mass is 200 g/mol. The molecule has 0 spiro atoms. The molecule has 1 rings (SSSR count). The molecule has 1 fully saturated rings. The number of aliphatic hydroxyl groups is 1. The van der Waals surface area contributed by atoms with Crippen LogP contribution in [0, 0.1) is 5.92 Å². The van der Waals surface area contributed by atoms with Gasteiger partial charge in [-0.2, -0.15) is 0 Å². The van der Waals surface area contributed by atoms with Gasteiger partial charge < -0.3 is 16.2 Å². The van der Waals surface area contributed by atoms with Crippen LogP contribution in [0.5, 0.6) is 0 Å². The Morgan fingerprint density at radius 3 is 2.57 bits per heavy atom. The van der Waals surface area contributed by atoms with Crippen LogP contribution in [0.3, 0.4) is 0 Å². The van der Waals surface area contributed by atoms with Gasteiger partial charge in [-0.05, 0) is 44.6 Å². The van der Waals surface area contributed by atoms with E-state index in [1.807, 2.05) is 0 Å². The predicted octanol–water partition coefficient (Wildman–Crippen LogP) is 0.864. The first-order valence-electron chi connectivity index (χ1n) is 5.82. The largest absolute Gasteiger partial charge is 0.396 e. The van der Waals surface area contributed by atoms with E-state index in [4.69, 9.17) is 10.8 Å². The predicted molar refractivity (Wildman–Crippen MR) is 59.1 cm³/mol. The summed E-state index contributed by atoms with van der Waals surface area (Å²) in [6, 6.07) is 1.10. The summed E-state index contributed by atoms with van der Waals surface area (Å²) in [5.41, 5.74) is 5.84. The lowest BCUT2D eigenvalue weighted by molar-refractivity contribution is 0.252. The van der Waals surface area contributed by atoms with Crippen LogP contribution in [0.1, 0.15) is 39.0 Å². The van der Waals surface area contributed by atoms with Crippen molar-refractivity contribution >= 4 is 0 Å². The van der Waals surface area contributed by atoms with Crippen LogP contribution in [0.25, 0.3) is 0 Å². The molecule has 1 unspecified atom stereocenters. The Labute approximate surface area is 87.1 Å². The molecule has 0 radical (unpaired) electrons. The third kappa shape index (κ3) is 4.40. The fourth-order valence-electron chi connectivity index (χ4n) is 2.01. The van der Waals surface area contributed by atoms with Gasteiger partial charge >= 0.3 is 0 Å². The second-order valence-electron chi connectivity index (χ2n) is 4.64. The maximum Gasteiger partial charge on any atom is 0.0434 e. The molecule has 3 heteroatoms. The summed E-state index contributed by atoms with van der Waals surface area (Å²) in [5.74, 6) is 0.579. The van der Waals surface area contributed by atoms with Crippen molar-refractivity contribution in [2.45, 2.75) is 51.1 Å². The maximum atomic E-state index is 8.76. The van der Waals surface area contributed by atoms with Gasteiger partial charge in [-0.15, -0.1) is 0 Å². The van der Waals surface area contributed by atoms with Gasteiger partial charge in [0, 0.05) is 18.7 Å². The van der Waals surface area contributed by atoms with Gasteiger partial charge in [0.15, 0.2) is 0 Å². The summed E-state index contributed by atoms with van der Waals surface area (Å²) in [6.07, 6.45) is 5.65. The minimum absolute atomic E-state index is 0.304. The SMILES string of the molecule is CC(CCO)CNC1CCC(N)CC1. The zero-order valence-electron chi connectivity index (χ0n) is 9.21. The van der Waals surface area contributed by atoms with Crippen molar-refractivity contribution in [1.82, 2.24) is 5.32 Å². The van der Waals surface area contributed by atoms with Crippen LogP contribution in [0.2, 0.25) is 0 Å². The Hall–Kier alpha value is -0.120. The molecule has 3 nitrogen and oxygen atoms in total. The van der Waals surface area contributed by atoms with Gasteiger partial charge in [0.1, 0.15) is 0 Å². The van der Waals surface area contributed by atoms with Crippen LogP contribution in [0.4, 0.5) is 0 Å². The lowest BCUT2D eigenvalue weighted by Gasteiger charge is -2.28. The zero-order valence-corrected chi connectivity index (χ0v) is 9.21. The van der Waals surface area contributed by atoms with Crippen molar-refractivity contribution in [2.24, 2.45) is 11.7 Å². The molecule has 0 aromatic rings. The van der Waals surface area contributed by atoms with Gasteiger partial charge in [-0.1, -0.05) is 6.92 Å². The van der Waals surface area contributed by atoms with Gasteiger partial charge in [0.2, 0.25) is 0 Å². The Bertz CT molecular complexity index is 144. The quantitative estimate of drug-likeness (QED) is 0.617. The summed E-state index contributed by atoms with van der Waals surface area (Å²) in [4.78, 5) is 0. The molecule has 4 N–H and O–H groups in total. The van der Waals surface area contributed by atoms with Crippen molar-refractivity contribution < 1.29 is 5.11 Å². The van der Waals surface area contributed by atoms with E-state index in [0.29, 0.717) is 24.6 Å². The fourth-order valence-corrected chi connectivity index (χ4v) is 2.01. The minimum Gasteiger partial charge on any atom is -0.396 e. The Kier molecular flexibility index (Phi) is 5.45. The summed E-state index contributed by atoms with van der Waals surface area (Å²) in [5, 5.41) is 12.3. The summed E-state index contributed by atoms with van der Waals surface area (Å²) >= 11 is 0. The summed E-state index contributed by atoms with van der Waals surface area (Å²) < 4.78 is 0. The van der Waals surface area contributed by atoms with Gasteiger partial charge in [0.05, 0.1) is 0 Å². The van der Waals surface area contributed by atoms with Gasteiger partial charge in [0.25, 0.3) is 0 Å². The van der Waals surface area contributed by atoms with E-state index in [1.54, 1.807) is 0 Å². The Balaban J connectivity index is 2.06. The molecular weight excluding hydrogens is 176 g/mol. The molecular formula is C11H24N2O. The van der Waals surface area contributed by atoms with Crippen molar-refractivity contribution in [3.63, 3.8) is 0 Å². The second-order valence-corrected chi connectivity index (χ2v) is 4.64. The summed E-state index contributed by atoms with van der Waals surface area (Å²) in [6.45, 7) is 3.51. The van der Waals surface area contributed by atoms with Gasteiger partial charge in [-0.3, -0.25) is 0 Å². The number of hydrogen-bond donors (Lipinski definition) is 3. The first-order chi connectivity index (χ1) is 6.72. The molecule has 0 aromatic carbocycles. The highest BCUT2D eigenvalue weighted by molar-refractivity contribution is 4.79. The number of aliphatic hydroxyl groups excluding tert-OH is 1. The van der Waals surface area contributed by atoms with E-state index in [0.717, 1.165) is 25.8 Å². The normalized spacial score (nSPS) is 30.2. The number of rotatable bonds is 5. The van der Waals surface area contributed by atoms with E-state index in [1.165, 1.54) is 12.8 Å². The molecule has 0 amide bonds. The lowest BCUT2D eigenvalue weighted by Crippen LogP contribution is -2.39. The first kappa shape index (κ1) is 12.0. The lowest BCUT2D eigenvalue weighted by atomic mass is 9.91. The van der Waals surface area contributed by atoms with E-state index in [2.05, 4.69) is 12.2 Å². The van der Waals surface area contributed by atoms with Crippen molar-refractivity contribution in [3.8, 4) is 0 Å². The number of nitrogens with one attached hydrogen (secondary N) is 1. The Morgan fingerprint density at radius 2 is 2.00 bits per heavy atom. The molecule has 0 aromatic heterocycles. The van der Waals surface area contributed by atoms with Gasteiger partial charge in [-0.25, -0.2) is 0 Å². The van der Waals surface area contributed by atoms with E-state index < -0.39 is 0 Å². The molecule has 1 saturated carbocycles. The van der Waals surface area contributed by atoms with Crippen LogP contribution in [-0.4, -0.2) is 30.3 Å². The van der Waals surface area contributed by atoms with Crippen molar-refractivity contribution in [1.29, 1.82) is 0 Å². The zero-order chi connectivity index (χ0) is 10.4. The third-order valence-corrected chi connectivity index (χ3v) is 3.15. The average Bonchev–Trinajstić information content (AvgIpc) is 2.17. The highest BCUT2D eigenvalue weighted by Gasteiger charge is 2.18. The second kappa shape index (κ2) is 6.38. The molecule has 0 heterocycles. The third-order valence-electron chi connectivity index (χ3n) is 3.15. The van der Waals surface area contributed by atoms with Crippen LogP contribution >= 0.6 is 0 Å². The Morgan fingerprint density at radius 1 is 1.36 bits per heavy atom. The smallest absolute Gasteiger partial charge is 0.0434 e. The van der Waals surface area contributed by atoms with Crippen LogP contribution < -0.4 is 11.1 Å². The number of nitrogens with two attached hydrogens (primary N) is 1. The first-order valence-corrected chi connectivity index (χ1v) is 5.82. The molecule has 84 valence electrons. The topological polar surface area (TPSA) is 58.3 Å². The standard InChI is InChI=1S/C11H24N2O/c1-9(6-7-14)8-13-11-4-2-10(12)3-5-11/h9-11,13-14H,2-8,12H2,1H3. The molecule has 1 aliphatic rings. The average molecular weight is 200 g/mol. The molecule has 0 aliphatic heterocycles. The highest BCUT2D eigenvalue weighted by Crippen LogP contribution is 2.17. The van der Waals surface area contributed by atoms with Crippen molar-refractivity contribution in [3.05, 3.63) is 0 Å².